The van der Waals surface area contributed by atoms with E-state index in [-0.39, 0.29) is 12.5 Å². The molecule has 28 heavy (non-hydrogen) atoms. The van der Waals surface area contributed by atoms with Gasteiger partial charge in [0.05, 0.1) is 5.69 Å². The van der Waals surface area contributed by atoms with Crippen molar-refractivity contribution in [1.82, 2.24) is 15.0 Å². The lowest BCUT2D eigenvalue weighted by Gasteiger charge is -2.10. The fourth-order valence-corrected chi connectivity index (χ4v) is 2.92. The van der Waals surface area contributed by atoms with Crippen LogP contribution >= 0.6 is 0 Å². The number of rotatable bonds is 5. The highest BCUT2D eigenvalue weighted by atomic mass is 16.5. The van der Waals surface area contributed by atoms with Crippen molar-refractivity contribution < 1.29 is 9.53 Å². The van der Waals surface area contributed by atoms with Crippen LogP contribution in [0.3, 0.4) is 0 Å². The average molecular weight is 372 g/mol. The predicted octanol–water partition coefficient (Wildman–Crippen LogP) is 4.05. The summed E-state index contributed by atoms with van der Waals surface area (Å²) in [4.78, 5) is 13.9. The zero-order valence-corrected chi connectivity index (χ0v) is 15.7. The van der Waals surface area contributed by atoms with E-state index in [1.807, 2.05) is 80.6 Å². The smallest absolute Gasteiger partial charge is 0.262 e. The summed E-state index contributed by atoms with van der Waals surface area (Å²) < 4.78 is 5.57. The number of para-hydroxylation sites is 1. The first kappa shape index (κ1) is 17.7. The molecule has 1 heterocycles. The second kappa shape index (κ2) is 7.52. The van der Waals surface area contributed by atoms with E-state index in [9.17, 15) is 4.79 Å². The molecule has 0 atom stereocenters. The molecule has 0 aliphatic carbocycles. The molecule has 140 valence electrons. The molecule has 1 amide bonds. The standard InChI is InChI=1S/C22H20N4O2/c1-15-7-6-10-18(11-15)28-14-22(27)23-19-13-21-20(12-16(19)2)24-26(25-21)17-8-4-3-5-9-17/h3-13H,14H2,1-2H3,(H,23,27). The lowest BCUT2D eigenvalue weighted by Crippen LogP contribution is -2.20. The first-order chi connectivity index (χ1) is 13.6. The molecule has 0 aliphatic rings. The van der Waals surface area contributed by atoms with Crippen LogP contribution in [-0.2, 0) is 4.79 Å². The first-order valence-corrected chi connectivity index (χ1v) is 9.01. The molecular weight excluding hydrogens is 352 g/mol. The summed E-state index contributed by atoms with van der Waals surface area (Å²) in [6.07, 6.45) is 0. The molecule has 0 bridgehead atoms. The van der Waals surface area contributed by atoms with Crippen molar-refractivity contribution in [3.8, 4) is 11.4 Å². The molecule has 0 aliphatic heterocycles. The van der Waals surface area contributed by atoms with E-state index in [4.69, 9.17) is 4.74 Å². The quantitative estimate of drug-likeness (QED) is 0.574. The molecule has 4 rings (SSSR count). The molecule has 1 aromatic heterocycles. The van der Waals surface area contributed by atoms with E-state index in [1.54, 1.807) is 4.80 Å². The Kier molecular flexibility index (Phi) is 4.76. The van der Waals surface area contributed by atoms with Crippen LogP contribution in [0.1, 0.15) is 11.1 Å². The number of hydrogen-bond acceptors (Lipinski definition) is 4. The van der Waals surface area contributed by atoms with Crippen LogP contribution in [0, 0.1) is 13.8 Å². The summed E-state index contributed by atoms with van der Waals surface area (Å²) in [5.74, 6) is 0.451. The maximum absolute atomic E-state index is 12.3. The number of anilines is 1. The van der Waals surface area contributed by atoms with Gasteiger partial charge in [0.1, 0.15) is 16.8 Å². The fraction of sp³-hybridized carbons (Fsp3) is 0.136. The van der Waals surface area contributed by atoms with E-state index in [2.05, 4.69) is 15.5 Å². The SMILES string of the molecule is Cc1cccc(OCC(=O)Nc2cc3nn(-c4ccccc4)nc3cc2C)c1. The van der Waals surface area contributed by atoms with Gasteiger partial charge in [0.25, 0.3) is 5.91 Å². The van der Waals surface area contributed by atoms with Gasteiger partial charge in [-0.05, 0) is 61.4 Å². The zero-order valence-electron chi connectivity index (χ0n) is 15.7. The number of benzene rings is 3. The summed E-state index contributed by atoms with van der Waals surface area (Å²) in [6.45, 7) is 3.85. The Hall–Kier alpha value is -3.67. The van der Waals surface area contributed by atoms with Crippen LogP contribution < -0.4 is 10.1 Å². The second-order valence-electron chi connectivity index (χ2n) is 6.63. The van der Waals surface area contributed by atoms with E-state index < -0.39 is 0 Å². The highest BCUT2D eigenvalue weighted by Crippen LogP contribution is 2.22. The maximum Gasteiger partial charge on any atom is 0.262 e. The third kappa shape index (κ3) is 3.86. The van der Waals surface area contributed by atoms with Crippen molar-refractivity contribution in [2.24, 2.45) is 0 Å². The number of aromatic nitrogens is 3. The van der Waals surface area contributed by atoms with Gasteiger partial charge in [-0.15, -0.1) is 10.2 Å². The van der Waals surface area contributed by atoms with Gasteiger partial charge in [-0.2, -0.15) is 4.80 Å². The minimum atomic E-state index is -0.223. The Morgan fingerprint density at radius 2 is 1.71 bits per heavy atom. The van der Waals surface area contributed by atoms with E-state index >= 15 is 0 Å². The number of nitrogens with zero attached hydrogens (tertiary/aromatic N) is 3. The third-order valence-electron chi connectivity index (χ3n) is 4.35. The van der Waals surface area contributed by atoms with Crippen LogP contribution in [0.5, 0.6) is 5.75 Å². The number of amides is 1. The maximum atomic E-state index is 12.3. The van der Waals surface area contributed by atoms with Crippen molar-refractivity contribution in [3.63, 3.8) is 0 Å². The predicted molar refractivity (Wildman–Crippen MR) is 109 cm³/mol. The minimum absolute atomic E-state index is 0.0579. The van der Waals surface area contributed by atoms with Crippen molar-refractivity contribution in [3.05, 3.63) is 77.9 Å². The van der Waals surface area contributed by atoms with Gasteiger partial charge in [-0.1, -0.05) is 30.3 Å². The van der Waals surface area contributed by atoms with Crippen LogP contribution in [0.4, 0.5) is 5.69 Å². The van der Waals surface area contributed by atoms with Crippen molar-refractivity contribution in [2.75, 3.05) is 11.9 Å². The van der Waals surface area contributed by atoms with Crippen LogP contribution in [-0.4, -0.2) is 27.5 Å². The van der Waals surface area contributed by atoms with Gasteiger partial charge < -0.3 is 10.1 Å². The summed E-state index contributed by atoms with van der Waals surface area (Å²) in [7, 11) is 0. The van der Waals surface area contributed by atoms with Crippen LogP contribution in [0.2, 0.25) is 0 Å². The van der Waals surface area contributed by atoms with E-state index in [0.717, 1.165) is 22.3 Å². The molecule has 3 aromatic carbocycles. The minimum Gasteiger partial charge on any atom is -0.484 e. The molecule has 6 nitrogen and oxygen atoms in total. The largest absolute Gasteiger partial charge is 0.484 e. The van der Waals surface area contributed by atoms with Crippen molar-refractivity contribution in [1.29, 1.82) is 0 Å². The monoisotopic (exact) mass is 372 g/mol. The van der Waals surface area contributed by atoms with Gasteiger partial charge in [0.2, 0.25) is 0 Å². The van der Waals surface area contributed by atoms with Crippen molar-refractivity contribution in [2.45, 2.75) is 13.8 Å². The molecule has 1 N–H and O–H groups in total. The Bertz CT molecular complexity index is 1140. The number of fused-ring (bicyclic) bond motifs is 1. The van der Waals surface area contributed by atoms with Gasteiger partial charge in [0, 0.05) is 5.69 Å². The fourth-order valence-electron chi connectivity index (χ4n) is 2.92. The Labute approximate surface area is 162 Å². The van der Waals surface area contributed by atoms with Gasteiger partial charge in [-0.25, -0.2) is 0 Å². The highest BCUT2D eigenvalue weighted by Gasteiger charge is 2.11. The Morgan fingerprint density at radius 1 is 0.964 bits per heavy atom. The van der Waals surface area contributed by atoms with E-state index in [0.29, 0.717) is 17.0 Å². The lowest BCUT2D eigenvalue weighted by atomic mass is 10.1. The lowest BCUT2D eigenvalue weighted by molar-refractivity contribution is -0.118. The van der Waals surface area contributed by atoms with Crippen LogP contribution in [0.15, 0.2) is 66.7 Å². The number of carbonyl (C=O) groups is 1. The molecule has 0 fully saturated rings. The summed E-state index contributed by atoms with van der Waals surface area (Å²) in [5.41, 5.74) is 5.07. The molecule has 0 saturated carbocycles. The molecular formula is C22H20N4O2. The Balaban J connectivity index is 1.50. The van der Waals surface area contributed by atoms with Crippen molar-refractivity contribution >= 4 is 22.6 Å². The molecule has 0 saturated heterocycles. The topological polar surface area (TPSA) is 69.0 Å². The molecule has 0 spiro atoms. The third-order valence-corrected chi connectivity index (χ3v) is 4.35. The van der Waals surface area contributed by atoms with Gasteiger partial charge >= 0.3 is 0 Å². The Morgan fingerprint density at radius 3 is 2.46 bits per heavy atom. The number of nitrogens with one attached hydrogen (secondary N) is 1. The summed E-state index contributed by atoms with van der Waals surface area (Å²) in [6, 6.07) is 21.1. The van der Waals surface area contributed by atoms with Gasteiger partial charge in [-0.3, -0.25) is 4.79 Å². The number of hydrogen-bond donors (Lipinski definition) is 1. The highest BCUT2D eigenvalue weighted by molar-refractivity contribution is 5.95. The average Bonchev–Trinajstić information content (AvgIpc) is 3.10. The van der Waals surface area contributed by atoms with Crippen LogP contribution in [0.25, 0.3) is 16.7 Å². The summed E-state index contributed by atoms with van der Waals surface area (Å²) >= 11 is 0. The number of carbonyl (C=O) groups excluding carboxylic acids is 1. The number of ether oxygens (including phenoxy) is 1. The normalized spacial score (nSPS) is 10.8. The molecule has 6 heteroatoms. The second-order valence-corrected chi connectivity index (χ2v) is 6.63. The number of aryl methyl sites for hydroxylation is 2. The zero-order chi connectivity index (χ0) is 19.5. The molecule has 0 radical (unpaired) electrons. The molecule has 4 aromatic rings. The first-order valence-electron chi connectivity index (χ1n) is 9.01. The van der Waals surface area contributed by atoms with E-state index in [1.165, 1.54) is 0 Å². The van der Waals surface area contributed by atoms with Gasteiger partial charge in [0.15, 0.2) is 6.61 Å². The molecule has 0 unspecified atom stereocenters. The summed E-state index contributed by atoms with van der Waals surface area (Å²) in [5, 5.41) is 11.9.